The monoisotopic (exact) mass is 273 g/mol. The lowest BCUT2D eigenvalue weighted by atomic mass is 10.0. The third-order valence-corrected chi connectivity index (χ3v) is 4.63. The van der Waals surface area contributed by atoms with Crippen LogP contribution in [0, 0.1) is 0 Å². The first-order chi connectivity index (χ1) is 9.29. The van der Waals surface area contributed by atoms with Crippen LogP contribution in [0.4, 0.5) is 0 Å². The molecule has 0 unspecified atom stereocenters. The SMILES string of the molecule is CC[C@@H](CCN(C)Cc1ccccc1)c1cccs1. The van der Waals surface area contributed by atoms with E-state index >= 15 is 0 Å². The molecule has 1 heterocycles. The van der Waals surface area contributed by atoms with Crippen molar-refractivity contribution in [1.82, 2.24) is 4.90 Å². The van der Waals surface area contributed by atoms with Crippen molar-refractivity contribution in [1.29, 1.82) is 0 Å². The van der Waals surface area contributed by atoms with Crippen LogP contribution in [-0.2, 0) is 6.54 Å². The summed E-state index contributed by atoms with van der Waals surface area (Å²) in [7, 11) is 2.22. The largest absolute Gasteiger partial charge is 0.302 e. The Bertz CT molecular complexity index is 449. The molecule has 2 rings (SSSR count). The number of rotatable bonds is 7. The molecule has 102 valence electrons. The summed E-state index contributed by atoms with van der Waals surface area (Å²) in [5, 5.41) is 2.19. The van der Waals surface area contributed by atoms with Gasteiger partial charge in [-0.1, -0.05) is 43.3 Å². The maximum Gasteiger partial charge on any atom is 0.0230 e. The molecule has 0 aliphatic rings. The number of thiophene rings is 1. The van der Waals surface area contributed by atoms with E-state index in [2.05, 4.69) is 66.7 Å². The van der Waals surface area contributed by atoms with Crippen molar-refractivity contribution in [3.63, 3.8) is 0 Å². The first-order valence-electron chi connectivity index (χ1n) is 7.05. The van der Waals surface area contributed by atoms with Crippen LogP contribution in [0.25, 0.3) is 0 Å². The number of hydrogen-bond donors (Lipinski definition) is 0. The van der Waals surface area contributed by atoms with Crippen LogP contribution in [0.15, 0.2) is 47.8 Å². The van der Waals surface area contributed by atoms with Crippen LogP contribution in [0.3, 0.4) is 0 Å². The van der Waals surface area contributed by atoms with Gasteiger partial charge in [0.15, 0.2) is 0 Å². The van der Waals surface area contributed by atoms with E-state index in [0.717, 1.165) is 19.0 Å². The molecule has 1 aromatic carbocycles. The quantitative estimate of drug-likeness (QED) is 0.703. The maximum atomic E-state index is 2.42. The predicted octanol–water partition coefficient (Wildman–Crippen LogP) is 4.76. The van der Waals surface area contributed by atoms with Gasteiger partial charge in [-0.15, -0.1) is 11.3 Å². The molecule has 2 aromatic rings. The third-order valence-electron chi connectivity index (χ3n) is 3.59. The minimum Gasteiger partial charge on any atom is -0.302 e. The smallest absolute Gasteiger partial charge is 0.0230 e. The highest BCUT2D eigenvalue weighted by molar-refractivity contribution is 7.10. The maximum absolute atomic E-state index is 2.42. The summed E-state index contributed by atoms with van der Waals surface area (Å²) in [6.07, 6.45) is 2.49. The van der Waals surface area contributed by atoms with Crippen molar-refractivity contribution in [3.8, 4) is 0 Å². The molecule has 0 fully saturated rings. The van der Waals surface area contributed by atoms with Crippen LogP contribution >= 0.6 is 11.3 Å². The molecule has 0 radical (unpaired) electrons. The highest BCUT2D eigenvalue weighted by Gasteiger charge is 2.11. The van der Waals surface area contributed by atoms with Crippen molar-refractivity contribution >= 4 is 11.3 Å². The molecule has 0 amide bonds. The van der Waals surface area contributed by atoms with Gasteiger partial charge < -0.3 is 4.90 Å². The van der Waals surface area contributed by atoms with Gasteiger partial charge in [-0.25, -0.2) is 0 Å². The van der Waals surface area contributed by atoms with Gasteiger partial charge in [-0.2, -0.15) is 0 Å². The molecule has 1 atom stereocenters. The van der Waals surface area contributed by atoms with Gasteiger partial charge in [0.05, 0.1) is 0 Å². The fourth-order valence-corrected chi connectivity index (χ4v) is 3.37. The van der Waals surface area contributed by atoms with E-state index in [4.69, 9.17) is 0 Å². The molecular weight excluding hydrogens is 250 g/mol. The standard InChI is InChI=1S/C17H23NS/c1-3-16(17-10-7-13-19-17)11-12-18(2)14-15-8-5-4-6-9-15/h4-10,13,16H,3,11-12,14H2,1-2H3/t16-/m0/s1. The van der Waals surface area contributed by atoms with Gasteiger partial charge in [-0.05, 0) is 49.4 Å². The average molecular weight is 273 g/mol. The molecule has 1 nitrogen and oxygen atoms in total. The second kappa shape index (κ2) is 7.46. The van der Waals surface area contributed by atoms with Gasteiger partial charge >= 0.3 is 0 Å². The van der Waals surface area contributed by atoms with Gasteiger partial charge in [0.25, 0.3) is 0 Å². The number of benzene rings is 1. The van der Waals surface area contributed by atoms with E-state index in [1.165, 1.54) is 23.3 Å². The Morgan fingerprint density at radius 3 is 2.53 bits per heavy atom. The summed E-state index contributed by atoms with van der Waals surface area (Å²) in [4.78, 5) is 3.96. The van der Waals surface area contributed by atoms with Crippen molar-refractivity contribution in [3.05, 3.63) is 58.3 Å². The minimum atomic E-state index is 0.721. The lowest BCUT2D eigenvalue weighted by Gasteiger charge is -2.20. The topological polar surface area (TPSA) is 3.24 Å². The summed E-state index contributed by atoms with van der Waals surface area (Å²) in [6, 6.07) is 15.1. The van der Waals surface area contributed by atoms with E-state index in [1.807, 2.05) is 11.3 Å². The molecule has 19 heavy (non-hydrogen) atoms. The molecule has 0 aliphatic carbocycles. The highest BCUT2D eigenvalue weighted by Crippen LogP contribution is 2.27. The summed E-state index contributed by atoms with van der Waals surface area (Å²) >= 11 is 1.89. The predicted molar refractivity (Wildman–Crippen MR) is 84.7 cm³/mol. The van der Waals surface area contributed by atoms with E-state index in [0.29, 0.717) is 0 Å². The zero-order chi connectivity index (χ0) is 13.5. The molecule has 0 spiro atoms. The van der Waals surface area contributed by atoms with Crippen LogP contribution in [0.2, 0.25) is 0 Å². The summed E-state index contributed by atoms with van der Waals surface area (Å²) in [6.45, 7) is 4.49. The zero-order valence-electron chi connectivity index (χ0n) is 11.9. The van der Waals surface area contributed by atoms with E-state index < -0.39 is 0 Å². The molecule has 1 aromatic heterocycles. The Labute approximate surface area is 120 Å². The third kappa shape index (κ3) is 4.48. The lowest BCUT2D eigenvalue weighted by molar-refractivity contribution is 0.310. The summed E-state index contributed by atoms with van der Waals surface area (Å²) < 4.78 is 0. The average Bonchev–Trinajstić information content (AvgIpc) is 2.95. The Kier molecular flexibility index (Phi) is 5.62. The van der Waals surface area contributed by atoms with Gasteiger partial charge in [0.2, 0.25) is 0 Å². The molecule has 0 saturated carbocycles. The molecule has 0 N–H and O–H groups in total. The van der Waals surface area contributed by atoms with Crippen LogP contribution in [0.5, 0.6) is 0 Å². The van der Waals surface area contributed by atoms with E-state index in [-0.39, 0.29) is 0 Å². The Morgan fingerprint density at radius 2 is 1.89 bits per heavy atom. The number of nitrogens with zero attached hydrogens (tertiary/aromatic N) is 1. The molecule has 0 aliphatic heterocycles. The molecule has 0 bridgehead atoms. The lowest BCUT2D eigenvalue weighted by Crippen LogP contribution is -2.20. The Morgan fingerprint density at radius 1 is 1.11 bits per heavy atom. The first kappa shape index (κ1) is 14.3. The van der Waals surface area contributed by atoms with Crippen molar-refractivity contribution < 1.29 is 0 Å². The van der Waals surface area contributed by atoms with Gasteiger partial charge in [0, 0.05) is 11.4 Å². The zero-order valence-corrected chi connectivity index (χ0v) is 12.7. The van der Waals surface area contributed by atoms with Gasteiger partial charge in [-0.3, -0.25) is 0 Å². The minimum absolute atomic E-state index is 0.721. The highest BCUT2D eigenvalue weighted by atomic mass is 32.1. The van der Waals surface area contributed by atoms with E-state index in [9.17, 15) is 0 Å². The Balaban J connectivity index is 1.81. The summed E-state index contributed by atoms with van der Waals surface area (Å²) in [5.74, 6) is 0.721. The van der Waals surface area contributed by atoms with Crippen LogP contribution in [0.1, 0.15) is 36.1 Å². The summed E-state index contributed by atoms with van der Waals surface area (Å²) in [5.41, 5.74) is 1.40. The molecular formula is C17H23NS. The fraction of sp³-hybridized carbons (Fsp3) is 0.412. The molecule has 0 saturated heterocycles. The van der Waals surface area contributed by atoms with Gasteiger partial charge in [0.1, 0.15) is 0 Å². The van der Waals surface area contributed by atoms with Crippen molar-refractivity contribution in [2.24, 2.45) is 0 Å². The van der Waals surface area contributed by atoms with E-state index in [1.54, 1.807) is 0 Å². The first-order valence-corrected chi connectivity index (χ1v) is 7.93. The number of hydrogen-bond acceptors (Lipinski definition) is 2. The van der Waals surface area contributed by atoms with Crippen molar-refractivity contribution in [2.45, 2.75) is 32.2 Å². The van der Waals surface area contributed by atoms with Crippen LogP contribution in [-0.4, -0.2) is 18.5 Å². The normalized spacial score (nSPS) is 12.8. The fourth-order valence-electron chi connectivity index (χ4n) is 2.42. The second-order valence-electron chi connectivity index (χ2n) is 5.13. The Hall–Kier alpha value is -1.12. The second-order valence-corrected chi connectivity index (χ2v) is 6.11. The molecule has 2 heteroatoms. The van der Waals surface area contributed by atoms with Crippen molar-refractivity contribution in [2.75, 3.05) is 13.6 Å². The van der Waals surface area contributed by atoms with Crippen LogP contribution < -0.4 is 0 Å².